The van der Waals surface area contributed by atoms with Crippen molar-refractivity contribution in [2.75, 3.05) is 112 Å². The van der Waals surface area contributed by atoms with Crippen molar-refractivity contribution in [2.24, 2.45) is 0 Å². The van der Waals surface area contributed by atoms with Crippen molar-refractivity contribution in [3.8, 4) is 0 Å². The molecule has 0 aliphatic heterocycles. The summed E-state index contributed by atoms with van der Waals surface area (Å²) in [6.07, 6.45) is -3.15. The summed E-state index contributed by atoms with van der Waals surface area (Å²) in [6, 6.07) is 0. The minimum absolute atomic E-state index is 0.0113. The molecule has 230 valence electrons. The maximum atomic E-state index is 13.4. The number of hydrogen-bond acceptors (Lipinski definition) is 9. The number of ether oxygens (including phenoxy) is 8. The van der Waals surface area contributed by atoms with Crippen molar-refractivity contribution in [1.82, 2.24) is 0 Å². The topological polar surface area (TPSA) is 94.1 Å². The first kappa shape index (κ1) is 37.4. The van der Waals surface area contributed by atoms with Crippen LogP contribution in [0.4, 0.5) is 17.6 Å². The van der Waals surface area contributed by atoms with Crippen LogP contribution in [0.3, 0.4) is 0 Å². The van der Waals surface area contributed by atoms with Gasteiger partial charge in [0.1, 0.15) is 0 Å². The Kier molecular flexibility index (Phi) is 26.1. The zero-order valence-corrected chi connectivity index (χ0v) is 22.8. The Morgan fingerprint density at radius 3 is 1.03 bits per heavy atom. The van der Waals surface area contributed by atoms with Crippen molar-refractivity contribution in [1.29, 1.82) is 0 Å². The van der Waals surface area contributed by atoms with E-state index in [4.69, 9.17) is 43.0 Å². The SMILES string of the molecule is CC(F)(CCCCCCOCCOCCOCCOCCOCCOCCOCCOCCO)C(F)(F)F. The molecule has 0 heterocycles. The van der Waals surface area contributed by atoms with Gasteiger partial charge in [-0.1, -0.05) is 12.8 Å². The van der Waals surface area contributed by atoms with Gasteiger partial charge < -0.3 is 43.0 Å². The second kappa shape index (κ2) is 26.6. The van der Waals surface area contributed by atoms with Gasteiger partial charge in [-0.05, 0) is 26.2 Å². The van der Waals surface area contributed by atoms with Gasteiger partial charge in [0, 0.05) is 6.61 Å². The lowest BCUT2D eigenvalue weighted by Gasteiger charge is -2.23. The van der Waals surface area contributed by atoms with Gasteiger partial charge in [-0.25, -0.2) is 4.39 Å². The van der Waals surface area contributed by atoms with Gasteiger partial charge in [-0.2, -0.15) is 13.2 Å². The third-order valence-electron chi connectivity index (χ3n) is 5.12. The average Bonchev–Trinajstić information content (AvgIpc) is 2.87. The highest BCUT2D eigenvalue weighted by molar-refractivity contribution is 4.81. The van der Waals surface area contributed by atoms with Gasteiger partial charge in [0.25, 0.3) is 0 Å². The van der Waals surface area contributed by atoms with Crippen LogP contribution < -0.4 is 0 Å². The lowest BCUT2D eigenvalue weighted by molar-refractivity contribution is -0.226. The molecule has 13 heteroatoms. The fourth-order valence-corrected chi connectivity index (χ4v) is 2.86. The van der Waals surface area contributed by atoms with Crippen molar-refractivity contribution in [2.45, 2.75) is 50.9 Å². The van der Waals surface area contributed by atoms with E-state index >= 15 is 0 Å². The van der Waals surface area contributed by atoms with Crippen molar-refractivity contribution in [3.05, 3.63) is 0 Å². The van der Waals surface area contributed by atoms with E-state index in [1.807, 2.05) is 0 Å². The highest BCUT2D eigenvalue weighted by Gasteiger charge is 2.51. The molecule has 0 aliphatic rings. The van der Waals surface area contributed by atoms with Gasteiger partial charge in [0.05, 0.1) is 106 Å². The summed E-state index contributed by atoms with van der Waals surface area (Å²) < 4.78 is 93.3. The smallest absolute Gasteiger partial charge is 0.394 e. The van der Waals surface area contributed by atoms with E-state index in [1.165, 1.54) is 0 Å². The molecule has 0 fully saturated rings. The van der Waals surface area contributed by atoms with Crippen molar-refractivity contribution in [3.63, 3.8) is 0 Å². The number of rotatable bonds is 30. The van der Waals surface area contributed by atoms with Crippen LogP contribution in [0.25, 0.3) is 0 Å². The maximum Gasteiger partial charge on any atom is 0.422 e. The molecular weight excluding hydrogens is 520 g/mol. The van der Waals surface area contributed by atoms with E-state index in [2.05, 4.69) is 0 Å². The fourth-order valence-electron chi connectivity index (χ4n) is 2.86. The molecule has 1 atom stereocenters. The molecule has 0 bridgehead atoms. The van der Waals surface area contributed by atoms with Crippen LogP contribution in [0.5, 0.6) is 0 Å². The first-order valence-corrected chi connectivity index (χ1v) is 13.3. The molecule has 9 nitrogen and oxygen atoms in total. The number of aliphatic hydroxyl groups is 1. The maximum absolute atomic E-state index is 13.4. The molecule has 0 spiro atoms. The largest absolute Gasteiger partial charge is 0.422 e. The zero-order valence-electron chi connectivity index (χ0n) is 22.8. The summed E-state index contributed by atoms with van der Waals surface area (Å²) in [4.78, 5) is 0. The van der Waals surface area contributed by atoms with E-state index in [1.54, 1.807) is 0 Å². The molecule has 0 amide bonds. The van der Waals surface area contributed by atoms with Crippen LogP contribution >= 0.6 is 0 Å². The number of unbranched alkanes of at least 4 members (excludes halogenated alkanes) is 3. The van der Waals surface area contributed by atoms with Gasteiger partial charge in [0.2, 0.25) is 5.67 Å². The molecule has 0 saturated heterocycles. The molecule has 0 aromatic heterocycles. The Balaban J connectivity index is 3.13. The lowest BCUT2D eigenvalue weighted by Crippen LogP contribution is -2.37. The molecule has 0 aliphatic carbocycles. The van der Waals surface area contributed by atoms with E-state index in [0.29, 0.717) is 125 Å². The molecular formula is C25H48F4O9. The number of aliphatic hydroxyl groups excluding tert-OH is 1. The van der Waals surface area contributed by atoms with Crippen LogP contribution in [-0.2, 0) is 37.9 Å². The predicted octanol–water partition coefficient (Wildman–Crippen LogP) is 3.35. The van der Waals surface area contributed by atoms with Gasteiger partial charge in [-0.15, -0.1) is 0 Å². The predicted molar refractivity (Wildman–Crippen MR) is 132 cm³/mol. The highest BCUT2D eigenvalue weighted by atomic mass is 19.4. The van der Waals surface area contributed by atoms with E-state index in [0.717, 1.165) is 6.42 Å². The normalized spacial score (nSPS) is 13.7. The molecule has 0 aromatic carbocycles. The molecule has 38 heavy (non-hydrogen) atoms. The second-order valence-corrected chi connectivity index (χ2v) is 8.48. The molecule has 0 radical (unpaired) electrons. The Labute approximate surface area is 224 Å². The first-order chi connectivity index (χ1) is 18.3. The lowest BCUT2D eigenvalue weighted by atomic mass is 9.99. The average molecular weight is 569 g/mol. The van der Waals surface area contributed by atoms with Gasteiger partial charge in [-0.3, -0.25) is 0 Å². The Hall–Kier alpha value is -0.640. The Morgan fingerprint density at radius 1 is 0.421 bits per heavy atom. The summed E-state index contributed by atoms with van der Waals surface area (Å²) >= 11 is 0. The summed E-state index contributed by atoms with van der Waals surface area (Å²) in [6.45, 7) is 7.88. The number of alkyl halides is 4. The van der Waals surface area contributed by atoms with Crippen LogP contribution in [-0.4, -0.2) is 129 Å². The van der Waals surface area contributed by atoms with E-state index in [-0.39, 0.29) is 13.0 Å². The third kappa shape index (κ3) is 25.6. The summed E-state index contributed by atoms with van der Waals surface area (Å²) in [5.41, 5.74) is -3.11. The standard InChI is InChI=1S/C25H48F4O9/c1-24(26,25(27,28)29)6-4-2-3-5-8-31-10-12-33-14-16-35-18-20-37-22-23-38-21-19-36-17-15-34-13-11-32-9-7-30/h30H,2-23H2,1H3. The fraction of sp³-hybridized carbons (Fsp3) is 1.00. The minimum atomic E-state index is -4.81. The number of halogens is 4. The summed E-state index contributed by atoms with van der Waals surface area (Å²) in [5, 5.41) is 8.55. The van der Waals surface area contributed by atoms with Crippen LogP contribution in [0.2, 0.25) is 0 Å². The molecule has 1 N–H and O–H groups in total. The molecule has 0 rings (SSSR count). The van der Waals surface area contributed by atoms with Gasteiger partial charge >= 0.3 is 6.18 Å². The zero-order chi connectivity index (χ0) is 28.2. The third-order valence-corrected chi connectivity index (χ3v) is 5.12. The van der Waals surface area contributed by atoms with Crippen molar-refractivity contribution < 1.29 is 60.6 Å². The molecule has 1 unspecified atom stereocenters. The van der Waals surface area contributed by atoms with Crippen molar-refractivity contribution >= 4 is 0 Å². The molecule has 0 aromatic rings. The quantitative estimate of drug-likeness (QED) is 0.103. The Bertz CT molecular complexity index is 486. The highest BCUT2D eigenvalue weighted by Crippen LogP contribution is 2.37. The summed E-state index contributed by atoms with van der Waals surface area (Å²) in [5.74, 6) is 0. The molecule has 0 saturated carbocycles. The van der Waals surface area contributed by atoms with Crippen LogP contribution in [0.1, 0.15) is 39.0 Å². The Morgan fingerprint density at radius 2 is 0.711 bits per heavy atom. The minimum Gasteiger partial charge on any atom is -0.394 e. The monoisotopic (exact) mass is 568 g/mol. The summed E-state index contributed by atoms with van der Waals surface area (Å²) in [7, 11) is 0. The number of hydrogen-bond donors (Lipinski definition) is 1. The first-order valence-electron chi connectivity index (χ1n) is 13.3. The van der Waals surface area contributed by atoms with Crippen LogP contribution in [0, 0.1) is 0 Å². The van der Waals surface area contributed by atoms with E-state index < -0.39 is 18.3 Å². The van der Waals surface area contributed by atoms with Crippen LogP contribution in [0.15, 0.2) is 0 Å². The second-order valence-electron chi connectivity index (χ2n) is 8.48. The van der Waals surface area contributed by atoms with E-state index in [9.17, 15) is 17.6 Å². The van der Waals surface area contributed by atoms with Gasteiger partial charge in [0.15, 0.2) is 0 Å².